The number of nitrogens with one attached hydrogen (secondary N) is 1. The van der Waals surface area contributed by atoms with E-state index in [1.807, 2.05) is 0 Å². The summed E-state index contributed by atoms with van der Waals surface area (Å²) in [5, 5.41) is 3.09. The predicted molar refractivity (Wildman–Crippen MR) is 118 cm³/mol. The van der Waals surface area contributed by atoms with E-state index in [4.69, 9.17) is 25.8 Å². The fraction of sp³-hybridized carbons (Fsp3) is 0.381. The second-order valence-corrected chi connectivity index (χ2v) is 9.49. The van der Waals surface area contributed by atoms with Gasteiger partial charge in [0, 0.05) is 25.2 Å². The molecule has 2 aromatic rings. The summed E-state index contributed by atoms with van der Waals surface area (Å²) >= 11 is 6.10. The van der Waals surface area contributed by atoms with Crippen LogP contribution in [-0.2, 0) is 14.8 Å². The number of ether oxygens (including phenoxy) is 3. The molecule has 2 aromatic carbocycles. The molecule has 1 atom stereocenters. The number of piperidine rings is 1. The molecule has 1 aliphatic heterocycles. The number of hydrogen-bond acceptors (Lipinski definition) is 6. The van der Waals surface area contributed by atoms with Crippen LogP contribution in [-0.4, -0.2) is 53.0 Å². The number of benzene rings is 2. The van der Waals surface area contributed by atoms with E-state index in [0.29, 0.717) is 35.1 Å². The van der Waals surface area contributed by atoms with Crippen molar-refractivity contribution in [3.63, 3.8) is 0 Å². The molecule has 0 radical (unpaired) electrons. The average Bonchev–Trinajstić information content (AvgIpc) is 2.79. The maximum absolute atomic E-state index is 13.8. The summed E-state index contributed by atoms with van der Waals surface area (Å²) in [6.07, 6.45) is 0.960. The molecule has 8 nitrogen and oxygen atoms in total. The molecule has 3 rings (SSSR count). The highest BCUT2D eigenvalue weighted by molar-refractivity contribution is 7.89. The number of hydrogen-bond donors (Lipinski definition) is 1. The topological polar surface area (TPSA) is 94.2 Å². The third-order valence-electron chi connectivity index (χ3n) is 5.23. The quantitative estimate of drug-likeness (QED) is 0.643. The van der Waals surface area contributed by atoms with Gasteiger partial charge in [-0.1, -0.05) is 11.6 Å². The lowest BCUT2D eigenvalue weighted by atomic mass is 9.98. The van der Waals surface area contributed by atoms with Gasteiger partial charge in [0.05, 0.1) is 38.0 Å². The minimum Gasteiger partial charge on any atom is -0.495 e. The first-order valence-electron chi connectivity index (χ1n) is 9.77. The maximum atomic E-state index is 13.8. The zero-order valence-electron chi connectivity index (χ0n) is 17.9. The number of carbonyl (C=O) groups is 1. The van der Waals surface area contributed by atoms with Crippen molar-refractivity contribution in [1.82, 2.24) is 4.31 Å². The van der Waals surface area contributed by atoms with Crippen LogP contribution in [0.4, 0.5) is 10.1 Å². The number of rotatable bonds is 7. The molecule has 32 heavy (non-hydrogen) atoms. The number of halogens is 2. The van der Waals surface area contributed by atoms with Crippen molar-refractivity contribution < 1.29 is 31.8 Å². The van der Waals surface area contributed by atoms with Crippen molar-refractivity contribution in [3.8, 4) is 17.2 Å². The fourth-order valence-corrected chi connectivity index (χ4v) is 5.48. The van der Waals surface area contributed by atoms with E-state index >= 15 is 0 Å². The lowest BCUT2D eigenvalue weighted by Crippen LogP contribution is -2.43. The van der Waals surface area contributed by atoms with Gasteiger partial charge in [0.1, 0.15) is 28.0 Å². The molecule has 11 heteroatoms. The SMILES string of the molecule is COc1cc(NC(=O)[C@@H]2CCCN(S(=O)(=O)c3cc(F)ccc3OC)C2)c(OC)cc1Cl. The van der Waals surface area contributed by atoms with E-state index in [2.05, 4.69) is 5.32 Å². The Hall–Kier alpha value is -2.56. The van der Waals surface area contributed by atoms with Crippen LogP contribution in [0.25, 0.3) is 0 Å². The van der Waals surface area contributed by atoms with Crippen molar-refractivity contribution in [3.05, 3.63) is 41.2 Å². The third kappa shape index (κ3) is 4.92. The lowest BCUT2D eigenvalue weighted by molar-refractivity contribution is -0.120. The summed E-state index contributed by atoms with van der Waals surface area (Å²) < 4.78 is 56.8. The van der Waals surface area contributed by atoms with Crippen LogP contribution in [0, 0.1) is 11.7 Å². The first-order chi connectivity index (χ1) is 15.2. The largest absolute Gasteiger partial charge is 0.495 e. The predicted octanol–water partition coefficient (Wildman–Crippen LogP) is 3.54. The van der Waals surface area contributed by atoms with Crippen LogP contribution in [0.15, 0.2) is 35.2 Å². The molecule has 0 aromatic heterocycles. The molecule has 0 spiro atoms. The third-order valence-corrected chi connectivity index (χ3v) is 7.41. The molecule has 1 aliphatic rings. The van der Waals surface area contributed by atoms with E-state index in [1.54, 1.807) is 0 Å². The molecule has 0 unspecified atom stereocenters. The minimum absolute atomic E-state index is 0.0379. The molecule has 1 amide bonds. The van der Waals surface area contributed by atoms with Gasteiger partial charge in [-0.25, -0.2) is 12.8 Å². The number of sulfonamides is 1. The van der Waals surface area contributed by atoms with E-state index in [-0.39, 0.29) is 29.6 Å². The smallest absolute Gasteiger partial charge is 0.246 e. The number of carbonyl (C=O) groups excluding carboxylic acids is 1. The second kappa shape index (κ2) is 9.93. The Morgan fingerprint density at radius 3 is 2.44 bits per heavy atom. The first kappa shape index (κ1) is 24.1. The summed E-state index contributed by atoms with van der Waals surface area (Å²) in [6.45, 7) is 0.157. The summed E-state index contributed by atoms with van der Waals surface area (Å²) in [5.41, 5.74) is 0.352. The standard InChI is InChI=1S/C21H24ClFN2O6S/c1-29-17-7-6-14(23)9-20(17)32(27,28)25-8-4-5-13(12-25)21(26)24-16-11-18(30-2)15(22)10-19(16)31-3/h6-7,9-11,13H,4-5,8,12H2,1-3H3,(H,24,26)/t13-/m1/s1. The zero-order valence-corrected chi connectivity index (χ0v) is 19.4. The van der Waals surface area contributed by atoms with Gasteiger partial charge >= 0.3 is 0 Å². The van der Waals surface area contributed by atoms with Gasteiger partial charge in [0.15, 0.2) is 0 Å². The van der Waals surface area contributed by atoms with Gasteiger partial charge in [0.2, 0.25) is 15.9 Å². The van der Waals surface area contributed by atoms with Crippen LogP contribution < -0.4 is 19.5 Å². The Bertz CT molecular complexity index is 1110. The Kier molecular flexibility index (Phi) is 7.47. The highest BCUT2D eigenvalue weighted by Gasteiger charge is 2.35. The van der Waals surface area contributed by atoms with Gasteiger partial charge in [-0.2, -0.15) is 4.31 Å². The Morgan fingerprint density at radius 1 is 1.09 bits per heavy atom. The highest BCUT2D eigenvalue weighted by Crippen LogP contribution is 2.37. The Balaban J connectivity index is 1.82. The maximum Gasteiger partial charge on any atom is 0.246 e. The van der Waals surface area contributed by atoms with Crippen molar-refractivity contribution in [2.45, 2.75) is 17.7 Å². The Morgan fingerprint density at radius 2 is 1.78 bits per heavy atom. The molecule has 174 valence electrons. The Labute approximate surface area is 191 Å². The molecule has 1 N–H and O–H groups in total. The average molecular weight is 487 g/mol. The van der Waals surface area contributed by atoms with Crippen LogP contribution in [0.1, 0.15) is 12.8 Å². The molecule has 0 bridgehead atoms. The number of anilines is 1. The van der Waals surface area contributed by atoms with Crippen molar-refractivity contribution in [2.24, 2.45) is 5.92 Å². The molecule has 1 saturated heterocycles. The molecule has 0 aliphatic carbocycles. The molecule has 1 heterocycles. The van der Waals surface area contributed by atoms with Gasteiger partial charge in [-0.3, -0.25) is 4.79 Å². The molecular formula is C21H24ClFN2O6S. The number of methoxy groups -OCH3 is 3. The summed E-state index contributed by atoms with van der Waals surface area (Å²) in [5.74, 6) is -0.957. The fourth-order valence-electron chi connectivity index (χ4n) is 3.56. The van der Waals surface area contributed by atoms with E-state index in [0.717, 1.165) is 12.1 Å². The van der Waals surface area contributed by atoms with Crippen LogP contribution in [0.3, 0.4) is 0 Å². The van der Waals surface area contributed by atoms with Gasteiger partial charge in [0.25, 0.3) is 0 Å². The number of amides is 1. The van der Waals surface area contributed by atoms with E-state index < -0.39 is 21.8 Å². The van der Waals surface area contributed by atoms with Gasteiger partial charge in [-0.15, -0.1) is 0 Å². The lowest BCUT2D eigenvalue weighted by Gasteiger charge is -2.31. The van der Waals surface area contributed by atoms with Crippen molar-refractivity contribution in [2.75, 3.05) is 39.7 Å². The van der Waals surface area contributed by atoms with Crippen molar-refractivity contribution in [1.29, 1.82) is 0 Å². The molecule has 1 fully saturated rings. The van der Waals surface area contributed by atoms with Crippen LogP contribution in [0.5, 0.6) is 17.2 Å². The highest BCUT2D eigenvalue weighted by atomic mass is 35.5. The normalized spacial score (nSPS) is 17.0. The zero-order chi connectivity index (χ0) is 23.5. The van der Waals surface area contributed by atoms with E-state index in [9.17, 15) is 17.6 Å². The minimum atomic E-state index is -4.07. The van der Waals surface area contributed by atoms with Gasteiger partial charge < -0.3 is 19.5 Å². The number of nitrogens with zero attached hydrogens (tertiary/aromatic N) is 1. The monoisotopic (exact) mass is 486 g/mol. The summed E-state index contributed by atoms with van der Waals surface area (Å²) in [4.78, 5) is 12.7. The molecule has 0 saturated carbocycles. The summed E-state index contributed by atoms with van der Waals surface area (Å²) in [6, 6.07) is 6.36. The first-order valence-corrected chi connectivity index (χ1v) is 11.6. The summed E-state index contributed by atoms with van der Waals surface area (Å²) in [7, 11) is 0.130. The van der Waals surface area contributed by atoms with Crippen LogP contribution >= 0.6 is 11.6 Å². The van der Waals surface area contributed by atoms with Crippen LogP contribution in [0.2, 0.25) is 5.02 Å². The van der Waals surface area contributed by atoms with Crippen molar-refractivity contribution >= 4 is 33.2 Å². The molecular weight excluding hydrogens is 463 g/mol. The van der Waals surface area contributed by atoms with Gasteiger partial charge in [-0.05, 0) is 31.0 Å². The second-order valence-electron chi connectivity index (χ2n) is 7.17. The van der Waals surface area contributed by atoms with E-state index in [1.165, 1.54) is 43.8 Å².